The summed E-state index contributed by atoms with van der Waals surface area (Å²) in [6.07, 6.45) is 2.52. The molecule has 6 nitrogen and oxygen atoms in total. The van der Waals surface area contributed by atoms with Crippen LogP contribution in [0.15, 0.2) is 29.2 Å². The van der Waals surface area contributed by atoms with Crippen molar-refractivity contribution in [1.29, 1.82) is 0 Å². The Kier molecular flexibility index (Phi) is 4.65. The first-order valence-corrected chi connectivity index (χ1v) is 8.57. The first-order valence-electron chi connectivity index (χ1n) is 7.02. The molecule has 7 heteroatoms. The second kappa shape index (κ2) is 6.13. The number of hydrogen-bond acceptors (Lipinski definition) is 4. The summed E-state index contributed by atoms with van der Waals surface area (Å²) in [4.78, 5) is 12.6. The molecule has 1 aliphatic heterocycles. The number of benzene rings is 1. The Balaban J connectivity index is 2.19. The number of primary sulfonamides is 1. The van der Waals surface area contributed by atoms with E-state index in [4.69, 9.17) is 5.14 Å². The molecule has 1 aromatic carbocycles. The van der Waals surface area contributed by atoms with E-state index in [-0.39, 0.29) is 10.8 Å². The van der Waals surface area contributed by atoms with E-state index < -0.39 is 15.4 Å². The molecule has 1 aliphatic rings. The van der Waals surface area contributed by atoms with Gasteiger partial charge in [0.25, 0.3) is 0 Å². The maximum atomic E-state index is 12.6. The minimum Gasteiger partial charge on any atom is -0.326 e. The van der Waals surface area contributed by atoms with Crippen molar-refractivity contribution in [3.63, 3.8) is 0 Å². The average molecular weight is 311 g/mol. The molecule has 116 valence electrons. The van der Waals surface area contributed by atoms with E-state index in [9.17, 15) is 13.2 Å². The Hall–Kier alpha value is -1.44. The van der Waals surface area contributed by atoms with Gasteiger partial charge in [-0.15, -0.1) is 0 Å². The van der Waals surface area contributed by atoms with Crippen LogP contribution in [-0.2, 0) is 14.8 Å². The monoisotopic (exact) mass is 311 g/mol. The van der Waals surface area contributed by atoms with E-state index in [1.807, 2.05) is 0 Å². The van der Waals surface area contributed by atoms with Crippen molar-refractivity contribution in [3.05, 3.63) is 24.3 Å². The predicted molar refractivity (Wildman–Crippen MR) is 81.3 cm³/mol. The Morgan fingerprint density at radius 2 is 2.24 bits per heavy atom. The SMILES string of the molecule is CCCC1(C(=O)Nc2cccc(S(N)(=O)=O)c2)CCNC1. The van der Waals surface area contributed by atoms with Gasteiger partial charge in [0.05, 0.1) is 10.3 Å². The van der Waals surface area contributed by atoms with Crippen molar-refractivity contribution in [3.8, 4) is 0 Å². The van der Waals surface area contributed by atoms with Crippen LogP contribution >= 0.6 is 0 Å². The van der Waals surface area contributed by atoms with Crippen molar-refractivity contribution in [2.24, 2.45) is 10.6 Å². The summed E-state index contributed by atoms with van der Waals surface area (Å²) in [6.45, 7) is 3.53. The van der Waals surface area contributed by atoms with Gasteiger partial charge in [0.2, 0.25) is 15.9 Å². The van der Waals surface area contributed by atoms with Crippen LogP contribution in [0.2, 0.25) is 0 Å². The molecule has 0 aliphatic carbocycles. The first kappa shape index (κ1) is 15.9. The number of rotatable bonds is 5. The molecular formula is C14H21N3O3S. The summed E-state index contributed by atoms with van der Waals surface area (Å²) >= 11 is 0. The van der Waals surface area contributed by atoms with Crippen LogP contribution in [0.25, 0.3) is 0 Å². The van der Waals surface area contributed by atoms with Crippen molar-refractivity contribution >= 4 is 21.6 Å². The lowest BCUT2D eigenvalue weighted by Crippen LogP contribution is -2.38. The summed E-state index contributed by atoms with van der Waals surface area (Å²) in [6, 6.07) is 6.02. The highest BCUT2D eigenvalue weighted by molar-refractivity contribution is 7.89. The molecule has 4 N–H and O–H groups in total. The Morgan fingerprint density at radius 3 is 2.81 bits per heavy atom. The van der Waals surface area contributed by atoms with Crippen molar-refractivity contribution in [1.82, 2.24) is 5.32 Å². The summed E-state index contributed by atoms with van der Waals surface area (Å²) in [7, 11) is -3.77. The fourth-order valence-corrected chi connectivity index (χ4v) is 3.32. The van der Waals surface area contributed by atoms with E-state index in [2.05, 4.69) is 17.6 Å². The highest BCUT2D eigenvalue weighted by Gasteiger charge is 2.40. The molecule has 1 aromatic rings. The van der Waals surface area contributed by atoms with Gasteiger partial charge >= 0.3 is 0 Å². The Morgan fingerprint density at radius 1 is 1.48 bits per heavy atom. The van der Waals surface area contributed by atoms with Gasteiger partial charge in [-0.05, 0) is 37.6 Å². The van der Waals surface area contributed by atoms with Crippen molar-refractivity contribution in [2.75, 3.05) is 18.4 Å². The van der Waals surface area contributed by atoms with E-state index >= 15 is 0 Å². The van der Waals surface area contributed by atoms with Crippen LogP contribution in [0.5, 0.6) is 0 Å². The normalized spacial score (nSPS) is 22.2. The summed E-state index contributed by atoms with van der Waals surface area (Å²) < 4.78 is 22.7. The molecular weight excluding hydrogens is 290 g/mol. The largest absolute Gasteiger partial charge is 0.326 e. The number of nitrogens with two attached hydrogens (primary N) is 1. The number of carbonyl (C=O) groups is 1. The highest BCUT2D eigenvalue weighted by Crippen LogP contribution is 2.32. The maximum absolute atomic E-state index is 12.6. The first-order chi connectivity index (χ1) is 9.87. The lowest BCUT2D eigenvalue weighted by molar-refractivity contribution is -0.125. The predicted octanol–water partition coefficient (Wildman–Crippen LogP) is 1.05. The number of sulfonamides is 1. The average Bonchev–Trinajstić information content (AvgIpc) is 2.88. The van der Waals surface area contributed by atoms with Crippen LogP contribution in [-0.4, -0.2) is 27.4 Å². The van der Waals surface area contributed by atoms with Crippen molar-refractivity contribution in [2.45, 2.75) is 31.1 Å². The molecule has 0 saturated carbocycles. The van der Waals surface area contributed by atoms with Crippen LogP contribution < -0.4 is 15.8 Å². The van der Waals surface area contributed by atoms with Crippen molar-refractivity contribution < 1.29 is 13.2 Å². The van der Waals surface area contributed by atoms with Crippen LogP contribution in [0, 0.1) is 5.41 Å². The van der Waals surface area contributed by atoms with E-state index in [0.29, 0.717) is 12.2 Å². The van der Waals surface area contributed by atoms with Gasteiger partial charge < -0.3 is 10.6 Å². The van der Waals surface area contributed by atoms with Crippen LogP contribution in [0.1, 0.15) is 26.2 Å². The van der Waals surface area contributed by atoms with Gasteiger partial charge in [-0.1, -0.05) is 19.4 Å². The summed E-state index contributed by atoms with van der Waals surface area (Å²) in [5, 5.41) is 11.1. The number of anilines is 1. The number of nitrogens with one attached hydrogen (secondary N) is 2. The number of hydrogen-bond donors (Lipinski definition) is 3. The van der Waals surface area contributed by atoms with Gasteiger partial charge in [-0.25, -0.2) is 13.6 Å². The smallest absolute Gasteiger partial charge is 0.238 e. The molecule has 2 rings (SSSR count). The zero-order valence-electron chi connectivity index (χ0n) is 12.1. The second-order valence-electron chi connectivity index (χ2n) is 5.48. The molecule has 1 heterocycles. The van der Waals surface area contributed by atoms with E-state index in [1.54, 1.807) is 12.1 Å². The third-order valence-electron chi connectivity index (χ3n) is 3.87. The van der Waals surface area contributed by atoms with Gasteiger partial charge in [0.15, 0.2) is 0 Å². The molecule has 1 saturated heterocycles. The molecule has 21 heavy (non-hydrogen) atoms. The zero-order chi connectivity index (χ0) is 15.5. The molecule has 0 bridgehead atoms. The minimum atomic E-state index is -3.77. The topological polar surface area (TPSA) is 101 Å². The Labute approximate surface area is 125 Å². The minimum absolute atomic E-state index is 0.00520. The summed E-state index contributed by atoms with van der Waals surface area (Å²) in [5.41, 5.74) is 0.0423. The molecule has 0 spiro atoms. The number of carbonyl (C=O) groups excluding carboxylic acids is 1. The van der Waals surface area contributed by atoms with Gasteiger partial charge in [-0.2, -0.15) is 0 Å². The highest BCUT2D eigenvalue weighted by atomic mass is 32.2. The molecule has 1 amide bonds. The standard InChI is InChI=1S/C14H21N3O3S/c1-2-6-14(7-8-16-10-14)13(18)17-11-4-3-5-12(9-11)21(15,19)20/h3-5,9,16H,2,6-8,10H2,1H3,(H,17,18)(H2,15,19,20). The van der Waals surface area contributed by atoms with E-state index in [1.165, 1.54) is 12.1 Å². The molecule has 0 aromatic heterocycles. The number of amides is 1. The molecule has 1 fully saturated rings. The van der Waals surface area contributed by atoms with Gasteiger partial charge in [0.1, 0.15) is 0 Å². The van der Waals surface area contributed by atoms with Crippen LogP contribution in [0.3, 0.4) is 0 Å². The third kappa shape index (κ3) is 3.61. The maximum Gasteiger partial charge on any atom is 0.238 e. The Bertz CT molecular complexity index is 622. The molecule has 1 atom stereocenters. The quantitative estimate of drug-likeness (QED) is 0.756. The lowest BCUT2D eigenvalue weighted by Gasteiger charge is -2.26. The molecule has 0 radical (unpaired) electrons. The third-order valence-corrected chi connectivity index (χ3v) is 4.79. The zero-order valence-corrected chi connectivity index (χ0v) is 12.9. The van der Waals surface area contributed by atoms with Crippen LogP contribution in [0.4, 0.5) is 5.69 Å². The lowest BCUT2D eigenvalue weighted by atomic mass is 9.81. The summed E-state index contributed by atoms with van der Waals surface area (Å²) in [5.74, 6) is -0.0686. The fourth-order valence-electron chi connectivity index (χ4n) is 2.76. The van der Waals surface area contributed by atoms with E-state index in [0.717, 1.165) is 25.8 Å². The van der Waals surface area contributed by atoms with Gasteiger partial charge in [0, 0.05) is 12.2 Å². The second-order valence-corrected chi connectivity index (χ2v) is 7.05. The fraction of sp³-hybridized carbons (Fsp3) is 0.500. The van der Waals surface area contributed by atoms with Gasteiger partial charge in [-0.3, -0.25) is 4.79 Å². The molecule has 1 unspecified atom stereocenters.